The van der Waals surface area contributed by atoms with E-state index in [4.69, 9.17) is 18.6 Å². The van der Waals surface area contributed by atoms with Gasteiger partial charge in [0.25, 0.3) is 4.83 Å². The first-order valence-corrected chi connectivity index (χ1v) is 12.8. The molecular weight excluding hydrogens is 484 g/mol. The van der Waals surface area contributed by atoms with Crippen molar-refractivity contribution in [3.8, 4) is 11.3 Å². The van der Waals surface area contributed by atoms with E-state index >= 15 is 0 Å². The smallest absolute Gasteiger partial charge is 0.268 e. The quantitative estimate of drug-likeness (QED) is 0.346. The Bertz CT molecular complexity index is 1450. The van der Waals surface area contributed by atoms with Crippen LogP contribution < -0.4 is 27.9 Å². The number of aromatic nitrogens is 1. The molecule has 2 heterocycles. The summed E-state index contributed by atoms with van der Waals surface area (Å²) in [5.74, 6) is 0. The molecule has 0 saturated heterocycles. The second-order valence-electron chi connectivity index (χ2n) is 7.97. The highest BCUT2D eigenvalue weighted by molar-refractivity contribution is 7.15. The van der Waals surface area contributed by atoms with Crippen molar-refractivity contribution >= 4 is 44.9 Å². The molecule has 6 nitrogen and oxygen atoms in total. The highest BCUT2D eigenvalue weighted by Crippen LogP contribution is 2.27. The number of rotatable bonds is 4. The van der Waals surface area contributed by atoms with Crippen molar-refractivity contribution in [3.63, 3.8) is 0 Å². The van der Waals surface area contributed by atoms with Crippen LogP contribution in [-0.4, -0.2) is 14.1 Å². The molecule has 2 aromatic heterocycles. The van der Waals surface area contributed by atoms with Crippen molar-refractivity contribution < 1.29 is 33.3 Å². The Labute approximate surface area is 209 Å². The Morgan fingerprint density at radius 3 is 2.09 bits per heavy atom. The van der Waals surface area contributed by atoms with E-state index in [2.05, 4.69) is 126 Å². The van der Waals surface area contributed by atoms with Crippen molar-refractivity contribution in [3.05, 3.63) is 101 Å². The van der Waals surface area contributed by atoms with Gasteiger partial charge in [-0.05, 0) is 41.5 Å². The number of fused-ring (bicyclic) bond motifs is 3. The predicted molar refractivity (Wildman–Crippen MR) is 130 cm³/mol. The van der Waals surface area contributed by atoms with Gasteiger partial charge >= 0.3 is 0 Å². The molecule has 3 aromatic carbocycles. The zero-order valence-electron chi connectivity index (χ0n) is 19.1. The van der Waals surface area contributed by atoms with Gasteiger partial charge in [-0.2, -0.15) is 0 Å². The zero-order valence-corrected chi connectivity index (χ0v) is 20.7. The minimum Gasteiger partial charge on any atom is -0.378 e. The average molecular weight is 507 g/mol. The van der Waals surface area contributed by atoms with E-state index in [1.807, 2.05) is 0 Å². The van der Waals surface area contributed by atoms with Crippen LogP contribution in [0.3, 0.4) is 0 Å². The molecule has 0 amide bonds. The number of halogens is 1. The number of thiazole rings is 1. The Balaban J connectivity index is 0.000000527. The van der Waals surface area contributed by atoms with E-state index in [-0.39, 0.29) is 0 Å². The fourth-order valence-corrected chi connectivity index (χ4v) is 4.80. The summed E-state index contributed by atoms with van der Waals surface area (Å²) in [4.78, 5) is 3.36. The van der Waals surface area contributed by atoms with Crippen molar-refractivity contribution in [1.29, 1.82) is 0 Å². The molecule has 5 aromatic rings. The SMILES string of the molecule is CN(C)c1ccc(/C=C/c2cc3scc(-c4ccccc4)[n+]3c3ccccc23)cc1.[O-][Cl+3]([O-])([O-])[O-]. The van der Waals surface area contributed by atoms with Crippen molar-refractivity contribution in [1.82, 2.24) is 0 Å². The monoisotopic (exact) mass is 506 g/mol. The third-order valence-electron chi connectivity index (χ3n) is 5.42. The molecule has 8 heteroatoms. The number of nitrogens with zero attached hydrogens (tertiary/aromatic N) is 2. The minimum atomic E-state index is -4.94. The predicted octanol–water partition coefficient (Wildman–Crippen LogP) is 1.79. The van der Waals surface area contributed by atoms with E-state index in [0.717, 1.165) is 0 Å². The van der Waals surface area contributed by atoms with Gasteiger partial charge in [0, 0.05) is 37.5 Å². The van der Waals surface area contributed by atoms with Crippen LogP contribution in [0.1, 0.15) is 11.1 Å². The maximum Gasteiger partial charge on any atom is 0.268 e. The molecule has 0 unspecified atom stereocenters. The van der Waals surface area contributed by atoms with Crippen molar-refractivity contribution in [2.24, 2.45) is 0 Å². The fourth-order valence-electron chi connectivity index (χ4n) is 3.82. The molecule has 0 aliphatic carbocycles. The fraction of sp³-hybridized carbons (Fsp3) is 0.0741. The van der Waals surface area contributed by atoms with Gasteiger partial charge in [-0.1, -0.05) is 66.0 Å². The Hall–Kier alpha value is -3.30. The van der Waals surface area contributed by atoms with E-state index < -0.39 is 10.2 Å². The van der Waals surface area contributed by atoms with Gasteiger partial charge in [0.2, 0.25) is 11.2 Å². The molecule has 0 aliphatic heterocycles. The van der Waals surface area contributed by atoms with Gasteiger partial charge in [0.15, 0.2) is 0 Å². The Morgan fingerprint density at radius 2 is 1.43 bits per heavy atom. The average Bonchev–Trinajstić information content (AvgIpc) is 3.26. The number of pyridine rings is 1. The number of hydrogen-bond donors (Lipinski definition) is 0. The summed E-state index contributed by atoms with van der Waals surface area (Å²) in [6.07, 6.45) is 4.43. The minimum absolute atomic E-state index is 1.20. The maximum absolute atomic E-state index is 8.49. The Kier molecular flexibility index (Phi) is 7.47. The van der Waals surface area contributed by atoms with Gasteiger partial charge in [0.1, 0.15) is 0 Å². The lowest BCUT2D eigenvalue weighted by molar-refractivity contribution is -2.00. The van der Waals surface area contributed by atoms with Gasteiger partial charge in [0.05, 0.1) is 10.8 Å². The standard InChI is InChI=1S/C27H23N2S.ClHO4/c1-28(2)23-16-13-20(14-17-23)12-15-22-18-27-29(25-11-7-6-10-24(22)25)26(19-30-27)21-8-4-3-5-9-21;2-1(3,4)5/h3-19H,1-2H3;(H,2,3,4,5)/q+1;/p-1. The first-order chi connectivity index (χ1) is 16.7. The summed E-state index contributed by atoms with van der Waals surface area (Å²) in [7, 11) is -0.816. The summed E-state index contributed by atoms with van der Waals surface area (Å²) < 4.78 is 36.3. The number of para-hydroxylation sites is 1. The molecule has 0 bridgehead atoms. The molecule has 35 heavy (non-hydrogen) atoms. The van der Waals surface area contributed by atoms with Gasteiger partial charge in [-0.3, -0.25) is 0 Å². The maximum atomic E-state index is 8.49. The lowest BCUT2D eigenvalue weighted by Gasteiger charge is -2.17. The molecule has 178 valence electrons. The lowest BCUT2D eigenvalue weighted by Crippen LogP contribution is -2.68. The van der Waals surface area contributed by atoms with Crippen LogP contribution in [0.2, 0.25) is 0 Å². The number of benzene rings is 3. The van der Waals surface area contributed by atoms with E-state index in [0.29, 0.717) is 0 Å². The molecule has 0 atom stereocenters. The van der Waals surface area contributed by atoms with Gasteiger partial charge in [-0.15, -0.1) is 14.6 Å². The molecule has 0 N–H and O–H groups in total. The summed E-state index contributed by atoms with van der Waals surface area (Å²) >= 11 is 1.79. The van der Waals surface area contributed by atoms with Crippen LogP contribution in [0.25, 0.3) is 39.1 Å². The molecule has 0 aliphatic rings. The van der Waals surface area contributed by atoms with E-state index in [1.54, 1.807) is 11.3 Å². The third-order valence-corrected chi connectivity index (χ3v) is 6.30. The van der Waals surface area contributed by atoms with Crippen LogP contribution in [0.5, 0.6) is 0 Å². The van der Waals surface area contributed by atoms with Gasteiger partial charge in [-0.25, -0.2) is 18.6 Å². The van der Waals surface area contributed by atoms with Gasteiger partial charge < -0.3 is 4.90 Å². The molecule has 5 rings (SSSR count). The summed E-state index contributed by atoms with van der Waals surface area (Å²) in [5, 5.41) is 3.51. The molecule has 0 spiro atoms. The van der Waals surface area contributed by atoms with Crippen molar-refractivity contribution in [2.75, 3.05) is 19.0 Å². The lowest BCUT2D eigenvalue weighted by atomic mass is 10.1. The van der Waals surface area contributed by atoms with Crippen molar-refractivity contribution in [2.45, 2.75) is 0 Å². The van der Waals surface area contributed by atoms with Crippen LogP contribution in [0, 0.1) is 10.2 Å². The second kappa shape index (κ2) is 10.5. The normalized spacial score (nSPS) is 11.6. The number of anilines is 1. The zero-order chi connectivity index (χ0) is 25.0. The Morgan fingerprint density at radius 1 is 0.800 bits per heavy atom. The summed E-state index contributed by atoms with van der Waals surface area (Å²) in [6, 6.07) is 30.2. The molecule has 0 fully saturated rings. The second-order valence-corrected chi connectivity index (χ2v) is 9.62. The molecule has 0 saturated carbocycles. The highest BCUT2D eigenvalue weighted by atomic mass is 35.7. The largest absolute Gasteiger partial charge is 0.378 e. The number of hydrogen-bond acceptors (Lipinski definition) is 6. The first kappa shape index (κ1) is 24.8. The highest BCUT2D eigenvalue weighted by Gasteiger charge is 2.20. The third kappa shape index (κ3) is 6.23. The molecule has 0 radical (unpaired) electrons. The summed E-state index contributed by atoms with van der Waals surface area (Å²) in [6.45, 7) is 0. The van der Waals surface area contributed by atoms with Crippen LogP contribution in [0.4, 0.5) is 5.69 Å². The molecular formula is C27H23ClN2O4S. The van der Waals surface area contributed by atoms with E-state index in [1.165, 1.54) is 43.8 Å². The van der Waals surface area contributed by atoms with Crippen LogP contribution >= 0.6 is 11.3 Å². The van der Waals surface area contributed by atoms with E-state index in [9.17, 15) is 0 Å². The summed E-state index contributed by atoms with van der Waals surface area (Å²) in [5.41, 5.74) is 7.36. The topological polar surface area (TPSA) is 99.6 Å². The van der Waals surface area contributed by atoms with Crippen LogP contribution in [-0.2, 0) is 0 Å². The first-order valence-electron chi connectivity index (χ1n) is 10.7. The van der Waals surface area contributed by atoms with Crippen LogP contribution in [0.15, 0.2) is 90.3 Å².